The Morgan fingerprint density at radius 3 is 2.67 bits per heavy atom. The molecule has 2 aromatic carbocycles. The van der Waals surface area contributed by atoms with E-state index in [0.29, 0.717) is 16.5 Å². The van der Waals surface area contributed by atoms with Gasteiger partial charge in [0.1, 0.15) is 11.3 Å². The molecule has 0 saturated carbocycles. The molecule has 0 unspecified atom stereocenters. The molecule has 4 aromatic rings. The first-order valence-electron chi connectivity index (χ1n) is 9.32. The molecule has 0 aliphatic heterocycles. The van der Waals surface area contributed by atoms with Gasteiger partial charge in [0.25, 0.3) is 0 Å². The second kappa shape index (κ2) is 8.42. The number of rotatable bonds is 6. The molecular formula is C22H20ClN5O2. The Labute approximate surface area is 178 Å². The fraction of sp³-hybridized carbons (Fsp3) is 0.136. The molecule has 0 fully saturated rings. The molecule has 4 rings (SSSR count). The van der Waals surface area contributed by atoms with Crippen LogP contribution in [-0.2, 0) is 11.2 Å². The number of nitrogens with one attached hydrogen (secondary N) is 3. The summed E-state index contributed by atoms with van der Waals surface area (Å²) in [6, 6.07) is 15.2. The summed E-state index contributed by atoms with van der Waals surface area (Å²) >= 11 is 6.26. The van der Waals surface area contributed by atoms with Gasteiger partial charge < -0.3 is 15.4 Å². The van der Waals surface area contributed by atoms with Gasteiger partial charge in [0.15, 0.2) is 5.82 Å². The van der Waals surface area contributed by atoms with E-state index < -0.39 is 0 Å². The third kappa shape index (κ3) is 4.21. The highest BCUT2D eigenvalue weighted by Crippen LogP contribution is 2.30. The number of ether oxygens (including phenoxy) is 1. The van der Waals surface area contributed by atoms with E-state index in [2.05, 4.69) is 25.8 Å². The van der Waals surface area contributed by atoms with Crippen molar-refractivity contribution >= 4 is 45.7 Å². The Bertz CT molecular complexity index is 1200. The number of aromatic nitrogens is 3. The zero-order valence-electron chi connectivity index (χ0n) is 16.5. The van der Waals surface area contributed by atoms with Crippen LogP contribution in [0.25, 0.3) is 11.0 Å². The quantitative estimate of drug-likeness (QED) is 0.411. The van der Waals surface area contributed by atoms with Crippen LogP contribution in [0.4, 0.5) is 17.2 Å². The zero-order valence-corrected chi connectivity index (χ0v) is 17.2. The van der Waals surface area contributed by atoms with Crippen LogP contribution in [0.5, 0.6) is 5.75 Å². The normalized spacial score (nSPS) is 10.8. The van der Waals surface area contributed by atoms with Crippen molar-refractivity contribution in [2.45, 2.75) is 13.3 Å². The zero-order chi connectivity index (χ0) is 21.1. The molecule has 2 aromatic heterocycles. The average Bonchev–Trinajstić information content (AvgIpc) is 3.14. The molecular weight excluding hydrogens is 402 g/mol. The summed E-state index contributed by atoms with van der Waals surface area (Å²) in [7, 11) is 1.65. The smallest absolute Gasteiger partial charge is 0.221 e. The van der Waals surface area contributed by atoms with Crippen LogP contribution < -0.4 is 15.4 Å². The Hall–Kier alpha value is -3.58. The van der Waals surface area contributed by atoms with E-state index in [9.17, 15) is 4.79 Å². The average molecular weight is 422 g/mol. The number of aromatic amines is 1. The van der Waals surface area contributed by atoms with Crippen molar-refractivity contribution < 1.29 is 9.53 Å². The minimum Gasteiger partial charge on any atom is -0.497 e. The molecule has 1 amide bonds. The molecule has 30 heavy (non-hydrogen) atoms. The van der Waals surface area contributed by atoms with Gasteiger partial charge in [0, 0.05) is 18.8 Å². The number of hydrogen-bond acceptors (Lipinski definition) is 5. The molecule has 0 bridgehead atoms. The third-order valence-corrected chi connectivity index (χ3v) is 4.95. The molecule has 0 aliphatic rings. The summed E-state index contributed by atoms with van der Waals surface area (Å²) in [4.78, 5) is 15.7. The van der Waals surface area contributed by atoms with Crippen molar-refractivity contribution in [3.05, 3.63) is 70.9 Å². The monoisotopic (exact) mass is 421 g/mol. The standard InChI is InChI=1S/C22H20ClN5O2/c1-13(29)25-19-8-5-16(12-18(19)23)26-22-21-20(27-28-22)15(9-10-24-21)11-14-3-6-17(30-2)7-4-14/h3-10,12H,11H2,1-2H3,(H,25,29)(H2,26,27,28). The number of methoxy groups -OCH3 is 1. The SMILES string of the molecule is COc1ccc(Cc2ccnc3c(Nc4ccc(NC(C)=O)c(Cl)c4)n[nH]c23)cc1. The van der Waals surface area contributed by atoms with E-state index in [-0.39, 0.29) is 5.91 Å². The fourth-order valence-corrected chi connectivity index (χ4v) is 3.42. The lowest BCUT2D eigenvalue weighted by molar-refractivity contribution is -0.114. The highest BCUT2D eigenvalue weighted by atomic mass is 35.5. The number of nitrogens with zero attached hydrogens (tertiary/aromatic N) is 2. The molecule has 7 nitrogen and oxygen atoms in total. The predicted molar refractivity (Wildman–Crippen MR) is 119 cm³/mol. The molecule has 152 valence electrons. The number of benzene rings is 2. The second-order valence-corrected chi connectivity index (χ2v) is 7.20. The maximum Gasteiger partial charge on any atom is 0.221 e. The first-order chi connectivity index (χ1) is 14.5. The summed E-state index contributed by atoms with van der Waals surface area (Å²) in [5, 5.41) is 13.8. The summed E-state index contributed by atoms with van der Waals surface area (Å²) in [6.07, 6.45) is 2.51. The Morgan fingerprint density at radius 1 is 1.17 bits per heavy atom. The van der Waals surface area contributed by atoms with Crippen molar-refractivity contribution in [2.24, 2.45) is 0 Å². The van der Waals surface area contributed by atoms with Gasteiger partial charge in [-0.15, -0.1) is 0 Å². The number of carbonyl (C=O) groups excluding carboxylic acids is 1. The first kappa shape index (κ1) is 19.7. The number of hydrogen-bond donors (Lipinski definition) is 3. The van der Waals surface area contributed by atoms with Gasteiger partial charge in [-0.05, 0) is 53.9 Å². The van der Waals surface area contributed by atoms with Gasteiger partial charge in [-0.2, -0.15) is 5.10 Å². The van der Waals surface area contributed by atoms with E-state index in [4.69, 9.17) is 16.3 Å². The van der Waals surface area contributed by atoms with E-state index in [1.54, 1.807) is 25.4 Å². The minimum atomic E-state index is -0.176. The molecule has 3 N–H and O–H groups in total. The Kier molecular flexibility index (Phi) is 5.54. The van der Waals surface area contributed by atoms with Crippen molar-refractivity contribution in [2.75, 3.05) is 17.7 Å². The van der Waals surface area contributed by atoms with Crippen LogP contribution >= 0.6 is 11.6 Å². The van der Waals surface area contributed by atoms with Gasteiger partial charge in [0.2, 0.25) is 5.91 Å². The molecule has 0 radical (unpaired) electrons. The van der Waals surface area contributed by atoms with E-state index >= 15 is 0 Å². The highest BCUT2D eigenvalue weighted by Gasteiger charge is 2.12. The summed E-state index contributed by atoms with van der Waals surface area (Å²) in [5.74, 6) is 1.25. The number of amides is 1. The van der Waals surface area contributed by atoms with Gasteiger partial charge in [-0.1, -0.05) is 23.7 Å². The summed E-state index contributed by atoms with van der Waals surface area (Å²) in [5.41, 5.74) is 5.16. The van der Waals surface area contributed by atoms with Gasteiger partial charge in [-0.25, -0.2) is 0 Å². The number of anilines is 3. The number of pyridine rings is 1. The molecule has 0 aliphatic carbocycles. The topological polar surface area (TPSA) is 91.9 Å². The Balaban J connectivity index is 1.58. The summed E-state index contributed by atoms with van der Waals surface area (Å²) < 4.78 is 5.22. The van der Waals surface area contributed by atoms with Crippen molar-refractivity contribution in [1.29, 1.82) is 0 Å². The van der Waals surface area contributed by atoms with Crippen LogP contribution in [0.1, 0.15) is 18.1 Å². The van der Waals surface area contributed by atoms with Crippen LogP contribution in [0, 0.1) is 0 Å². The Morgan fingerprint density at radius 2 is 1.97 bits per heavy atom. The molecule has 0 atom stereocenters. The van der Waals surface area contributed by atoms with Gasteiger partial charge in [-0.3, -0.25) is 14.9 Å². The summed E-state index contributed by atoms with van der Waals surface area (Å²) in [6.45, 7) is 1.44. The molecule has 2 heterocycles. The van der Waals surface area contributed by atoms with E-state index in [1.807, 2.05) is 36.4 Å². The van der Waals surface area contributed by atoms with Gasteiger partial charge >= 0.3 is 0 Å². The van der Waals surface area contributed by atoms with Crippen LogP contribution in [0.3, 0.4) is 0 Å². The number of halogens is 1. The fourth-order valence-electron chi connectivity index (χ4n) is 3.19. The minimum absolute atomic E-state index is 0.176. The largest absolute Gasteiger partial charge is 0.497 e. The van der Waals surface area contributed by atoms with Crippen LogP contribution in [0.15, 0.2) is 54.7 Å². The number of carbonyl (C=O) groups is 1. The van der Waals surface area contributed by atoms with E-state index in [1.165, 1.54) is 6.92 Å². The lowest BCUT2D eigenvalue weighted by Crippen LogP contribution is -2.06. The highest BCUT2D eigenvalue weighted by molar-refractivity contribution is 6.34. The third-order valence-electron chi connectivity index (χ3n) is 4.64. The van der Waals surface area contributed by atoms with Crippen LogP contribution in [0.2, 0.25) is 5.02 Å². The second-order valence-electron chi connectivity index (χ2n) is 6.79. The van der Waals surface area contributed by atoms with Crippen molar-refractivity contribution in [3.8, 4) is 5.75 Å². The van der Waals surface area contributed by atoms with Gasteiger partial charge in [0.05, 0.1) is 23.3 Å². The predicted octanol–water partition coefficient (Wildman–Crippen LogP) is 4.91. The van der Waals surface area contributed by atoms with Crippen molar-refractivity contribution in [3.63, 3.8) is 0 Å². The maximum atomic E-state index is 11.2. The maximum absolute atomic E-state index is 11.2. The molecule has 0 spiro atoms. The first-order valence-corrected chi connectivity index (χ1v) is 9.70. The van der Waals surface area contributed by atoms with Crippen molar-refractivity contribution in [1.82, 2.24) is 15.2 Å². The number of H-pyrrole nitrogens is 1. The molecule has 8 heteroatoms. The molecule has 0 saturated heterocycles. The lowest BCUT2D eigenvalue weighted by atomic mass is 10.0. The van der Waals surface area contributed by atoms with Crippen LogP contribution in [-0.4, -0.2) is 28.2 Å². The number of fused-ring (bicyclic) bond motifs is 1. The van der Waals surface area contributed by atoms with E-state index in [0.717, 1.165) is 40.0 Å². The lowest BCUT2D eigenvalue weighted by Gasteiger charge is -2.08.